The van der Waals surface area contributed by atoms with Gasteiger partial charge in [0.25, 0.3) is 0 Å². The number of halogens is 1. The lowest BCUT2D eigenvalue weighted by molar-refractivity contribution is 0.837. The van der Waals surface area contributed by atoms with Gasteiger partial charge in [-0.15, -0.1) is 0 Å². The molecule has 0 saturated carbocycles. The number of hydrogen-bond donors (Lipinski definition) is 0. The molecule has 0 amide bonds. The predicted octanol–water partition coefficient (Wildman–Crippen LogP) is 4.21. The molecule has 3 aromatic rings. The lowest BCUT2D eigenvalue weighted by Gasteiger charge is -2.07. The highest BCUT2D eigenvalue weighted by atomic mass is 35.5. The second kappa shape index (κ2) is 4.79. The maximum atomic E-state index is 9.10. The number of nitrogens with zero attached hydrogens (tertiary/aromatic N) is 2. The Labute approximate surface area is 116 Å². The number of hydrogen-bond acceptors (Lipinski definition) is 1. The molecule has 0 unspecified atom stereocenters. The van der Waals surface area contributed by atoms with Crippen LogP contribution in [-0.4, -0.2) is 4.57 Å². The number of rotatable bonds is 2. The Hall–Kier alpha value is -2.24. The van der Waals surface area contributed by atoms with Crippen LogP contribution in [-0.2, 0) is 6.54 Å². The molecule has 2 nitrogen and oxygen atoms in total. The standard InChI is InChI=1S/C16H11ClN2/c17-15-6-2-1-4-13(15)11-19-9-8-14-12(10-18)5-3-7-16(14)19/h1-9H,11H2. The van der Waals surface area contributed by atoms with Gasteiger partial charge >= 0.3 is 0 Å². The number of aromatic nitrogens is 1. The Balaban J connectivity index is 2.08. The second-order valence-electron chi connectivity index (χ2n) is 4.39. The van der Waals surface area contributed by atoms with Crippen molar-refractivity contribution in [2.75, 3.05) is 0 Å². The first kappa shape index (κ1) is 11.8. The van der Waals surface area contributed by atoms with Gasteiger partial charge in [-0.1, -0.05) is 35.9 Å². The summed E-state index contributed by atoms with van der Waals surface area (Å²) in [6, 6.07) is 17.8. The van der Waals surface area contributed by atoms with Crippen molar-refractivity contribution in [3.05, 3.63) is 70.9 Å². The highest BCUT2D eigenvalue weighted by Gasteiger charge is 2.06. The molecular weight excluding hydrogens is 256 g/mol. The first-order valence-electron chi connectivity index (χ1n) is 6.01. The van der Waals surface area contributed by atoms with Crippen LogP contribution in [0.2, 0.25) is 5.02 Å². The molecule has 0 N–H and O–H groups in total. The van der Waals surface area contributed by atoms with Crippen molar-refractivity contribution < 1.29 is 0 Å². The molecule has 3 heteroatoms. The molecule has 0 saturated heterocycles. The first-order chi connectivity index (χ1) is 9.29. The number of fused-ring (bicyclic) bond motifs is 1. The van der Waals surface area contributed by atoms with E-state index in [9.17, 15) is 0 Å². The summed E-state index contributed by atoms with van der Waals surface area (Å²) >= 11 is 6.19. The van der Waals surface area contributed by atoms with E-state index in [-0.39, 0.29) is 0 Å². The molecule has 3 rings (SSSR count). The van der Waals surface area contributed by atoms with E-state index in [1.54, 1.807) is 0 Å². The van der Waals surface area contributed by atoms with Gasteiger partial charge in [0.15, 0.2) is 0 Å². The van der Waals surface area contributed by atoms with Gasteiger partial charge in [-0.2, -0.15) is 5.26 Å². The summed E-state index contributed by atoms with van der Waals surface area (Å²) in [6.45, 7) is 0.706. The molecule has 0 fully saturated rings. The van der Waals surface area contributed by atoms with E-state index in [4.69, 9.17) is 16.9 Å². The van der Waals surface area contributed by atoms with Gasteiger partial charge in [-0.3, -0.25) is 0 Å². The molecule has 0 aliphatic heterocycles. The molecule has 19 heavy (non-hydrogen) atoms. The van der Waals surface area contributed by atoms with Crippen molar-refractivity contribution in [2.24, 2.45) is 0 Å². The smallest absolute Gasteiger partial charge is 0.0998 e. The van der Waals surface area contributed by atoms with Crippen molar-refractivity contribution >= 4 is 22.5 Å². The van der Waals surface area contributed by atoms with Crippen molar-refractivity contribution in [2.45, 2.75) is 6.54 Å². The molecule has 1 heterocycles. The fourth-order valence-electron chi connectivity index (χ4n) is 2.27. The maximum Gasteiger partial charge on any atom is 0.0998 e. The first-order valence-corrected chi connectivity index (χ1v) is 6.39. The molecular formula is C16H11ClN2. The largest absolute Gasteiger partial charge is 0.343 e. The normalized spacial score (nSPS) is 10.5. The van der Waals surface area contributed by atoms with Crippen LogP contribution in [0.25, 0.3) is 10.9 Å². The van der Waals surface area contributed by atoms with E-state index in [0.29, 0.717) is 12.1 Å². The van der Waals surface area contributed by atoms with Crippen molar-refractivity contribution in [1.82, 2.24) is 4.57 Å². The summed E-state index contributed by atoms with van der Waals surface area (Å²) in [5.41, 5.74) is 2.83. The monoisotopic (exact) mass is 266 g/mol. The van der Waals surface area contributed by atoms with Gasteiger partial charge in [0.2, 0.25) is 0 Å². The molecule has 0 radical (unpaired) electrons. The van der Waals surface area contributed by atoms with Crippen molar-refractivity contribution in [3.8, 4) is 6.07 Å². The molecule has 0 aliphatic carbocycles. The topological polar surface area (TPSA) is 28.7 Å². The van der Waals surface area contributed by atoms with Crippen molar-refractivity contribution in [3.63, 3.8) is 0 Å². The minimum Gasteiger partial charge on any atom is -0.343 e. The fraction of sp³-hybridized carbons (Fsp3) is 0.0625. The molecule has 0 aliphatic rings. The average molecular weight is 267 g/mol. The Morgan fingerprint density at radius 2 is 1.89 bits per heavy atom. The predicted molar refractivity (Wildman–Crippen MR) is 77.2 cm³/mol. The number of nitriles is 1. The molecule has 0 bridgehead atoms. The minimum atomic E-state index is 0.704. The lowest BCUT2D eigenvalue weighted by Crippen LogP contribution is -1.98. The van der Waals surface area contributed by atoms with Crippen LogP contribution < -0.4 is 0 Å². The molecule has 0 spiro atoms. The van der Waals surface area contributed by atoms with E-state index in [1.165, 1.54) is 0 Å². The lowest BCUT2D eigenvalue weighted by atomic mass is 10.1. The van der Waals surface area contributed by atoms with E-state index in [2.05, 4.69) is 10.6 Å². The van der Waals surface area contributed by atoms with E-state index >= 15 is 0 Å². The summed E-state index contributed by atoms with van der Waals surface area (Å²) in [5, 5.41) is 10.8. The Kier molecular flexibility index (Phi) is 2.98. The van der Waals surface area contributed by atoms with Crippen LogP contribution in [0.3, 0.4) is 0 Å². The zero-order valence-corrected chi connectivity index (χ0v) is 10.9. The third kappa shape index (κ3) is 2.09. The van der Waals surface area contributed by atoms with E-state index < -0.39 is 0 Å². The number of benzene rings is 2. The zero-order chi connectivity index (χ0) is 13.2. The Morgan fingerprint density at radius 1 is 1.05 bits per heavy atom. The van der Waals surface area contributed by atoms with Gasteiger partial charge < -0.3 is 4.57 Å². The van der Waals surface area contributed by atoms with Gasteiger partial charge in [0.1, 0.15) is 0 Å². The highest BCUT2D eigenvalue weighted by Crippen LogP contribution is 2.23. The third-order valence-electron chi connectivity index (χ3n) is 3.23. The second-order valence-corrected chi connectivity index (χ2v) is 4.79. The zero-order valence-electron chi connectivity index (χ0n) is 10.2. The van der Waals surface area contributed by atoms with E-state index in [0.717, 1.165) is 21.5 Å². The molecule has 92 valence electrons. The van der Waals surface area contributed by atoms with Gasteiger partial charge in [-0.25, -0.2) is 0 Å². The third-order valence-corrected chi connectivity index (χ3v) is 3.60. The van der Waals surface area contributed by atoms with Gasteiger partial charge in [-0.05, 0) is 29.8 Å². The Bertz CT molecular complexity index is 781. The van der Waals surface area contributed by atoms with Crippen LogP contribution >= 0.6 is 11.6 Å². The van der Waals surface area contributed by atoms with Crippen LogP contribution in [0.4, 0.5) is 0 Å². The summed E-state index contributed by atoms with van der Waals surface area (Å²) < 4.78 is 2.11. The highest BCUT2D eigenvalue weighted by molar-refractivity contribution is 6.31. The van der Waals surface area contributed by atoms with Gasteiger partial charge in [0, 0.05) is 28.7 Å². The summed E-state index contributed by atoms with van der Waals surface area (Å²) in [7, 11) is 0. The van der Waals surface area contributed by atoms with Crippen LogP contribution in [0.15, 0.2) is 54.7 Å². The Morgan fingerprint density at radius 3 is 2.68 bits per heavy atom. The van der Waals surface area contributed by atoms with E-state index in [1.807, 2.05) is 54.7 Å². The van der Waals surface area contributed by atoms with Crippen LogP contribution in [0.5, 0.6) is 0 Å². The van der Waals surface area contributed by atoms with Crippen LogP contribution in [0, 0.1) is 11.3 Å². The van der Waals surface area contributed by atoms with Crippen LogP contribution in [0.1, 0.15) is 11.1 Å². The maximum absolute atomic E-state index is 9.10. The minimum absolute atomic E-state index is 0.704. The SMILES string of the molecule is N#Cc1cccc2c1ccn2Cc1ccccc1Cl. The fourth-order valence-corrected chi connectivity index (χ4v) is 2.46. The average Bonchev–Trinajstić information content (AvgIpc) is 2.84. The quantitative estimate of drug-likeness (QED) is 0.683. The summed E-state index contributed by atoms with van der Waals surface area (Å²) in [4.78, 5) is 0. The summed E-state index contributed by atoms with van der Waals surface area (Å²) in [6.07, 6.45) is 1.99. The molecule has 2 aromatic carbocycles. The molecule has 0 atom stereocenters. The molecule has 1 aromatic heterocycles. The van der Waals surface area contributed by atoms with Crippen molar-refractivity contribution in [1.29, 1.82) is 5.26 Å². The van der Waals surface area contributed by atoms with Gasteiger partial charge in [0.05, 0.1) is 11.6 Å². The summed E-state index contributed by atoms with van der Waals surface area (Å²) in [5.74, 6) is 0.